The SMILES string of the molecule is CN(CC1CCCO1)c1ccnc(C(=O)O)c1. The van der Waals surface area contributed by atoms with Crippen LogP contribution in [0.15, 0.2) is 18.3 Å². The van der Waals surface area contributed by atoms with Crippen molar-refractivity contribution in [3.63, 3.8) is 0 Å². The van der Waals surface area contributed by atoms with E-state index in [-0.39, 0.29) is 11.8 Å². The molecule has 92 valence electrons. The van der Waals surface area contributed by atoms with Gasteiger partial charge in [-0.1, -0.05) is 0 Å². The second kappa shape index (κ2) is 5.14. The molecule has 1 aromatic rings. The molecular weight excluding hydrogens is 220 g/mol. The third-order valence-corrected chi connectivity index (χ3v) is 2.90. The molecule has 0 amide bonds. The van der Waals surface area contributed by atoms with Gasteiger partial charge in [-0.05, 0) is 25.0 Å². The number of hydrogen-bond donors (Lipinski definition) is 1. The third kappa shape index (κ3) is 2.94. The molecule has 1 aliphatic heterocycles. The molecule has 2 rings (SSSR count). The van der Waals surface area contributed by atoms with Crippen molar-refractivity contribution in [1.29, 1.82) is 0 Å². The van der Waals surface area contributed by atoms with Gasteiger partial charge >= 0.3 is 5.97 Å². The number of aromatic nitrogens is 1. The Kier molecular flexibility index (Phi) is 3.58. The van der Waals surface area contributed by atoms with Crippen molar-refractivity contribution in [3.8, 4) is 0 Å². The van der Waals surface area contributed by atoms with Crippen LogP contribution in [0.3, 0.4) is 0 Å². The Morgan fingerprint density at radius 1 is 1.71 bits per heavy atom. The van der Waals surface area contributed by atoms with Crippen LogP contribution in [-0.4, -0.2) is 42.4 Å². The van der Waals surface area contributed by atoms with Gasteiger partial charge in [0.25, 0.3) is 0 Å². The molecule has 2 heterocycles. The van der Waals surface area contributed by atoms with E-state index in [0.717, 1.165) is 31.7 Å². The number of carbonyl (C=O) groups is 1. The van der Waals surface area contributed by atoms with E-state index in [9.17, 15) is 4.79 Å². The van der Waals surface area contributed by atoms with Gasteiger partial charge in [0, 0.05) is 32.1 Å². The lowest BCUT2D eigenvalue weighted by Crippen LogP contribution is -2.28. The van der Waals surface area contributed by atoms with Crippen LogP contribution in [0.2, 0.25) is 0 Å². The molecule has 0 aromatic carbocycles. The van der Waals surface area contributed by atoms with E-state index in [2.05, 4.69) is 4.98 Å². The highest BCUT2D eigenvalue weighted by atomic mass is 16.5. The minimum atomic E-state index is -1.00. The molecule has 0 radical (unpaired) electrons. The van der Waals surface area contributed by atoms with E-state index < -0.39 is 5.97 Å². The highest BCUT2D eigenvalue weighted by Crippen LogP contribution is 2.18. The third-order valence-electron chi connectivity index (χ3n) is 2.90. The molecule has 0 spiro atoms. The summed E-state index contributed by atoms with van der Waals surface area (Å²) in [6, 6.07) is 3.39. The number of nitrogens with zero attached hydrogens (tertiary/aromatic N) is 2. The number of carboxylic acids is 1. The summed E-state index contributed by atoms with van der Waals surface area (Å²) in [6.07, 6.45) is 3.95. The van der Waals surface area contributed by atoms with Gasteiger partial charge in [-0.3, -0.25) is 0 Å². The maximum Gasteiger partial charge on any atom is 0.354 e. The molecule has 0 aliphatic carbocycles. The van der Waals surface area contributed by atoms with Crippen LogP contribution in [-0.2, 0) is 4.74 Å². The van der Waals surface area contributed by atoms with E-state index in [1.807, 2.05) is 11.9 Å². The zero-order valence-corrected chi connectivity index (χ0v) is 9.80. The Morgan fingerprint density at radius 2 is 2.53 bits per heavy atom. The fourth-order valence-electron chi connectivity index (χ4n) is 1.97. The van der Waals surface area contributed by atoms with E-state index >= 15 is 0 Å². The first kappa shape index (κ1) is 11.9. The minimum Gasteiger partial charge on any atom is -0.477 e. The van der Waals surface area contributed by atoms with Crippen molar-refractivity contribution in [2.45, 2.75) is 18.9 Å². The van der Waals surface area contributed by atoms with Crippen LogP contribution in [0.25, 0.3) is 0 Å². The van der Waals surface area contributed by atoms with Crippen LogP contribution in [0.1, 0.15) is 23.3 Å². The van der Waals surface area contributed by atoms with Gasteiger partial charge in [-0.25, -0.2) is 9.78 Å². The van der Waals surface area contributed by atoms with E-state index in [4.69, 9.17) is 9.84 Å². The molecule has 5 nitrogen and oxygen atoms in total. The van der Waals surface area contributed by atoms with Gasteiger partial charge in [0.05, 0.1) is 6.10 Å². The maximum absolute atomic E-state index is 10.8. The molecule has 1 fully saturated rings. The predicted octanol–water partition coefficient (Wildman–Crippen LogP) is 1.39. The molecular formula is C12H16N2O3. The Labute approximate surface area is 100 Å². The average molecular weight is 236 g/mol. The van der Waals surface area contributed by atoms with Crippen molar-refractivity contribution in [2.75, 3.05) is 25.1 Å². The number of hydrogen-bond acceptors (Lipinski definition) is 4. The molecule has 0 bridgehead atoms. The number of rotatable bonds is 4. The summed E-state index contributed by atoms with van der Waals surface area (Å²) < 4.78 is 5.55. The van der Waals surface area contributed by atoms with Crippen molar-refractivity contribution in [1.82, 2.24) is 4.98 Å². The highest BCUT2D eigenvalue weighted by Gasteiger charge is 2.18. The summed E-state index contributed by atoms with van der Waals surface area (Å²) in [6.45, 7) is 1.61. The van der Waals surface area contributed by atoms with Gasteiger partial charge in [0.2, 0.25) is 0 Å². The van der Waals surface area contributed by atoms with E-state index in [1.54, 1.807) is 12.1 Å². The first-order valence-electron chi connectivity index (χ1n) is 5.69. The standard InChI is InChI=1S/C12H16N2O3/c1-14(8-10-3-2-6-17-10)9-4-5-13-11(7-9)12(15)16/h4-5,7,10H,2-3,6,8H2,1H3,(H,15,16). The molecule has 1 aliphatic rings. The summed E-state index contributed by atoms with van der Waals surface area (Å²) in [5, 5.41) is 8.87. The topological polar surface area (TPSA) is 62.7 Å². The van der Waals surface area contributed by atoms with Crippen molar-refractivity contribution in [3.05, 3.63) is 24.0 Å². The van der Waals surface area contributed by atoms with Crippen LogP contribution in [0.4, 0.5) is 5.69 Å². The molecule has 1 aromatic heterocycles. The van der Waals surface area contributed by atoms with Crippen LogP contribution < -0.4 is 4.90 Å². The first-order valence-corrected chi connectivity index (χ1v) is 5.69. The molecule has 17 heavy (non-hydrogen) atoms. The van der Waals surface area contributed by atoms with Crippen LogP contribution in [0.5, 0.6) is 0 Å². The zero-order chi connectivity index (χ0) is 12.3. The summed E-state index contributed by atoms with van der Waals surface area (Å²) in [4.78, 5) is 16.6. The fourth-order valence-corrected chi connectivity index (χ4v) is 1.97. The molecule has 5 heteroatoms. The molecule has 1 atom stereocenters. The second-order valence-electron chi connectivity index (χ2n) is 4.22. The first-order chi connectivity index (χ1) is 8.16. The normalized spacial score (nSPS) is 19.2. The number of carboxylic acid groups (broad SMARTS) is 1. The van der Waals surface area contributed by atoms with Crippen molar-refractivity contribution in [2.24, 2.45) is 0 Å². The highest BCUT2D eigenvalue weighted by molar-refractivity contribution is 5.86. The summed E-state index contributed by atoms with van der Waals surface area (Å²) >= 11 is 0. The lowest BCUT2D eigenvalue weighted by atomic mass is 10.2. The molecule has 1 unspecified atom stereocenters. The number of likely N-dealkylation sites (N-methyl/N-ethyl adjacent to an activating group) is 1. The van der Waals surface area contributed by atoms with Crippen molar-refractivity contribution < 1.29 is 14.6 Å². The van der Waals surface area contributed by atoms with Gasteiger partial charge in [0.1, 0.15) is 5.69 Å². The lowest BCUT2D eigenvalue weighted by molar-refractivity contribution is 0.0690. The number of pyridine rings is 1. The number of ether oxygens (including phenoxy) is 1. The Balaban J connectivity index is 2.04. The summed E-state index contributed by atoms with van der Waals surface area (Å²) in [5.41, 5.74) is 0.926. The molecule has 0 saturated carbocycles. The summed E-state index contributed by atoms with van der Waals surface area (Å²) in [7, 11) is 1.93. The van der Waals surface area contributed by atoms with Gasteiger partial charge < -0.3 is 14.7 Å². The quantitative estimate of drug-likeness (QED) is 0.856. The molecule has 1 N–H and O–H groups in total. The van der Waals surface area contributed by atoms with Crippen molar-refractivity contribution >= 4 is 11.7 Å². The average Bonchev–Trinajstić information content (AvgIpc) is 2.82. The zero-order valence-electron chi connectivity index (χ0n) is 9.80. The van der Waals surface area contributed by atoms with Crippen LogP contribution >= 0.6 is 0 Å². The fraction of sp³-hybridized carbons (Fsp3) is 0.500. The number of anilines is 1. The second-order valence-corrected chi connectivity index (χ2v) is 4.22. The maximum atomic E-state index is 10.8. The van der Waals surface area contributed by atoms with Crippen LogP contribution in [0, 0.1) is 0 Å². The van der Waals surface area contributed by atoms with Gasteiger partial charge in [-0.15, -0.1) is 0 Å². The predicted molar refractivity (Wildman–Crippen MR) is 63.4 cm³/mol. The Morgan fingerprint density at radius 3 is 3.18 bits per heavy atom. The summed E-state index contributed by atoms with van der Waals surface area (Å²) in [5.74, 6) is -1.00. The Hall–Kier alpha value is -1.62. The van der Waals surface area contributed by atoms with Gasteiger partial charge in [-0.2, -0.15) is 0 Å². The smallest absolute Gasteiger partial charge is 0.354 e. The lowest BCUT2D eigenvalue weighted by Gasteiger charge is -2.22. The largest absolute Gasteiger partial charge is 0.477 e. The minimum absolute atomic E-state index is 0.0710. The Bertz CT molecular complexity index is 402. The van der Waals surface area contributed by atoms with E-state index in [0.29, 0.717) is 0 Å². The monoisotopic (exact) mass is 236 g/mol. The molecule has 1 saturated heterocycles. The number of aromatic carboxylic acids is 1. The van der Waals surface area contributed by atoms with E-state index in [1.165, 1.54) is 6.20 Å². The van der Waals surface area contributed by atoms with Gasteiger partial charge in [0.15, 0.2) is 0 Å².